The number of fused-ring (bicyclic) bond motifs is 1. The molecule has 2 aliphatic heterocycles. The molecule has 1 fully saturated rings. The van der Waals surface area contributed by atoms with Crippen LogP contribution in [0.3, 0.4) is 0 Å². The van der Waals surface area contributed by atoms with E-state index in [1.807, 2.05) is 0 Å². The molecule has 0 radical (unpaired) electrons. The van der Waals surface area contributed by atoms with Crippen molar-refractivity contribution in [3.63, 3.8) is 0 Å². The molecule has 1 saturated carbocycles. The molecule has 1 aromatic rings. The summed E-state index contributed by atoms with van der Waals surface area (Å²) in [6.07, 6.45) is 5.26. The van der Waals surface area contributed by atoms with Gasteiger partial charge >= 0.3 is 0 Å². The fraction of sp³-hybridized carbons (Fsp3) is 0.714. The maximum Gasteiger partial charge on any atom is 0.237 e. The highest BCUT2D eigenvalue weighted by Crippen LogP contribution is 2.64. The van der Waals surface area contributed by atoms with E-state index in [-0.39, 0.29) is 5.41 Å². The third kappa shape index (κ3) is 1.92. The van der Waals surface area contributed by atoms with Crippen molar-refractivity contribution in [2.45, 2.75) is 61.9 Å². The summed E-state index contributed by atoms with van der Waals surface area (Å²) in [5.41, 5.74) is 4.34. The summed E-state index contributed by atoms with van der Waals surface area (Å²) in [5.74, 6) is 0.675. The van der Waals surface area contributed by atoms with E-state index in [0.717, 1.165) is 54.6 Å². The number of benzene rings is 1. The van der Waals surface area contributed by atoms with E-state index >= 15 is 0 Å². The smallest absolute Gasteiger partial charge is 0.237 e. The van der Waals surface area contributed by atoms with Gasteiger partial charge in [-0.05, 0) is 30.9 Å². The van der Waals surface area contributed by atoms with Crippen molar-refractivity contribution < 1.29 is 23.8 Å². The molecule has 1 aromatic carbocycles. The maximum absolute atomic E-state index is 10.7. The van der Waals surface area contributed by atoms with Gasteiger partial charge in [0, 0.05) is 42.9 Å². The zero-order valence-corrected chi connectivity index (χ0v) is 16.3. The van der Waals surface area contributed by atoms with Gasteiger partial charge in [-0.15, -0.1) is 0 Å². The Balaban J connectivity index is 1.81. The molecule has 2 heterocycles. The Morgan fingerprint density at radius 3 is 2.73 bits per heavy atom. The van der Waals surface area contributed by atoms with E-state index in [2.05, 4.69) is 20.2 Å². The number of likely N-dealkylation sites (N-methyl/N-ethyl adjacent to an activating group) is 1. The summed E-state index contributed by atoms with van der Waals surface area (Å²) >= 11 is 0. The molecular formula is C21H30NO4+. The molecular weight excluding hydrogens is 330 g/mol. The number of nitrogens with zero attached hydrogens (tertiary/aromatic N) is 1. The fourth-order valence-corrected chi connectivity index (χ4v) is 6.28. The summed E-state index contributed by atoms with van der Waals surface area (Å²) in [5, 5.41) is 10.7. The van der Waals surface area contributed by atoms with Crippen LogP contribution in [0.4, 0.5) is 0 Å². The zero-order valence-electron chi connectivity index (χ0n) is 16.3. The van der Waals surface area contributed by atoms with Gasteiger partial charge in [0.1, 0.15) is 12.1 Å². The predicted octanol–water partition coefficient (Wildman–Crippen LogP) is 2.68. The van der Waals surface area contributed by atoms with Crippen molar-refractivity contribution in [3.05, 3.63) is 22.8 Å². The van der Waals surface area contributed by atoms with Crippen LogP contribution in [0.1, 0.15) is 54.8 Å². The van der Waals surface area contributed by atoms with E-state index < -0.39 is 11.9 Å². The number of hydrogen-bond acceptors (Lipinski definition) is 4. The van der Waals surface area contributed by atoms with Crippen LogP contribution in [0, 0.1) is 0 Å². The lowest BCUT2D eigenvalue weighted by Gasteiger charge is -2.58. The van der Waals surface area contributed by atoms with Crippen LogP contribution in [0.2, 0.25) is 0 Å². The highest BCUT2D eigenvalue weighted by Gasteiger charge is 2.61. The van der Waals surface area contributed by atoms with Crippen LogP contribution in [0.5, 0.6) is 11.5 Å². The Kier molecular flexibility index (Phi) is 3.34. The number of aliphatic hydroxyl groups is 1. The summed E-state index contributed by atoms with van der Waals surface area (Å²) in [7, 11) is 8.08. The van der Waals surface area contributed by atoms with Gasteiger partial charge in [-0.1, -0.05) is 0 Å². The lowest BCUT2D eigenvalue weighted by atomic mass is 9.56. The van der Waals surface area contributed by atoms with E-state index in [1.165, 1.54) is 23.1 Å². The minimum absolute atomic E-state index is 0.0370. The van der Waals surface area contributed by atoms with E-state index in [9.17, 15) is 5.11 Å². The number of aliphatic hydroxyl groups excluding tert-OH is 1. The highest BCUT2D eigenvalue weighted by molar-refractivity contribution is 5.62. The van der Waals surface area contributed by atoms with Crippen LogP contribution in [0.25, 0.3) is 0 Å². The lowest BCUT2D eigenvalue weighted by Crippen LogP contribution is -2.62. The van der Waals surface area contributed by atoms with E-state index in [0.29, 0.717) is 6.04 Å². The Bertz CT molecular complexity index is 776. The molecule has 0 aromatic heterocycles. The highest BCUT2D eigenvalue weighted by atomic mass is 16.7. The first kappa shape index (κ1) is 16.8. The molecule has 1 N–H and O–H groups in total. The van der Waals surface area contributed by atoms with Crippen molar-refractivity contribution in [2.24, 2.45) is 0 Å². The number of quaternary nitrogens is 1. The topological polar surface area (TPSA) is 47.9 Å². The fourth-order valence-electron chi connectivity index (χ4n) is 6.28. The van der Waals surface area contributed by atoms with Crippen molar-refractivity contribution in [1.82, 2.24) is 0 Å². The molecule has 5 heteroatoms. The minimum atomic E-state index is -0.946. The molecule has 0 saturated heterocycles. The van der Waals surface area contributed by atoms with Crippen molar-refractivity contribution in [1.29, 1.82) is 0 Å². The van der Waals surface area contributed by atoms with Gasteiger partial charge in [0.2, 0.25) is 5.79 Å². The summed E-state index contributed by atoms with van der Waals surface area (Å²) in [6, 6.07) is 2.70. The Morgan fingerprint density at radius 2 is 2.00 bits per heavy atom. The second-order valence-electron chi connectivity index (χ2n) is 9.29. The summed E-state index contributed by atoms with van der Waals surface area (Å²) in [4.78, 5) is 0. The van der Waals surface area contributed by atoms with E-state index in [4.69, 9.17) is 14.2 Å². The lowest BCUT2D eigenvalue weighted by molar-refractivity contribution is -0.924. The molecule has 5 rings (SSSR count). The molecule has 2 bridgehead atoms. The third-order valence-corrected chi connectivity index (χ3v) is 7.76. The Hall–Kier alpha value is -1.30. The largest absolute Gasteiger partial charge is 0.493 e. The zero-order chi connectivity index (χ0) is 18.3. The summed E-state index contributed by atoms with van der Waals surface area (Å²) < 4.78 is 19.1. The molecule has 142 valence electrons. The standard InChI is InChI=1S/C21H30NO4/c1-22(2)10-7-13-11-15(24-3)19-18-17(13)14(22)5-8-20(18)9-6-16(23)21(12-20,25-4)26-19/h11,14,16,23H,5-10,12H2,1-4H3/q+1/t14-,16-,20-,21-/m0/s1. The van der Waals surface area contributed by atoms with Crippen molar-refractivity contribution in [3.8, 4) is 11.5 Å². The van der Waals surface area contributed by atoms with Gasteiger partial charge in [-0.2, -0.15) is 0 Å². The monoisotopic (exact) mass is 360 g/mol. The molecule has 5 nitrogen and oxygen atoms in total. The molecule has 4 aliphatic rings. The molecule has 1 spiro atoms. The molecule has 2 aliphatic carbocycles. The quantitative estimate of drug-likeness (QED) is 0.824. The first-order valence-electron chi connectivity index (χ1n) is 9.85. The van der Waals surface area contributed by atoms with Crippen LogP contribution in [-0.2, 0) is 16.6 Å². The van der Waals surface area contributed by atoms with Crippen molar-refractivity contribution >= 4 is 0 Å². The Morgan fingerprint density at radius 1 is 1.23 bits per heavy atom. The van der Waals surface area contributed by atoms with Crippen LogP contribution in [0.15, 0.2) is 6.07 Å². The van der Waals surface area contributed by atoms with Crippen LogP contribution < -0.4 is 9.47 Å². The van der Waals surface area contributed by atoms with Gasteiger partial charge in [-0.3, -0.25) is 0 Å². The van der Waals surface area contributed by atoms with Gasteiger partial charge in [0.25, 0.3) is 0 Å². The number of ether oxygens (including phenoxy) is 3. The van der Waals surface area contributed by atoms with Crippen LogP contribution in [-0.4, -0.2) is 56.3 Å². The molecule has 26 heavy (non-hydrogen) atoms. The average molecular weight is 360 g/mol. The second kappa shape index (κ2) is 5.15. The van der Waals surface area contributed by atoms with Gasteiger partial charge < -0.3 is 23.8 Å². The van der Waals surface area contributed by atoms with E-state index in [1.54, 1.807) is 14.2 Å². The second-order valence-corrected chi connectivity index (χ2v) is 9.29. The summed E-state index contributed by atoms with van der Waals surface area (Å²) in [6.45, 7) is 1.16. The molecule has 0 unspecified atom stereocenters. The van der Waals surface area contributed by atoms with Crippen molar-refractivity contribution in [2.75, 3.05) is 34.9 Å². The average Bonchev–Trinajstić information content (AvgIpc) is 2.63. The van der Waals surface area contributed by atoms with Gasteiger partial charge in [-0.25, -0.2) is 0 Å². The SMILES string of the molecule is COc1cc2c3c4c1O[C@@]1(OC)C[C@@]4(CC[C@@H]1O)CC[C@@H]3[N+](C)(C)CC2. The predicted molar refractivity (Wildman–Crippen MR) is 97.6 cm³/mol. The molecule has 4 atom stereocenters. The van der Waals surface area contributed by atoms with Crippen LogP contribution >= 0.6 is 0 Å². The first-order valence-corrected chi connectivity index (χ1v) is 9.85. The normalized spacial score (nSPS) is 39.0. The maximum atomic E-state index is 10.7. The number of hydrogen-bond donors (Lipinski definition) is 1. The first-order chi connectivity index (χ1) is 12.4. The van der Waals surface area contributed by atoms with Gasteiger partial charge in [0.15, 0.2) is 11.5 Å². The third-order valence-electron chi connectivity index (χ3n) is 7.76. The molecule has 0 amide bonds. The number of rotatable bonds is 2. The minimum Gasteiger partial charge on any atom is -0.493 e. The Labute approximate surface area is 155 Å². The number of methoxy groups -OCH3 is 2. The van der Waals surface area contributed by atoms with Gasteiger partial charge in [0.05, 0.1) is 27.7 Å².